The van der Waals surface area contributed by atoms with Gasteiger partial charge in [0, 0.05) is 17.2 Å². The van der Waals surface area contributed by atoms with Gasteiger partial charge in [-0.2, -0.15) is 5.10 Å². The molecule has 1 aliphatic heterocycles. The number of thioether (sulfide) groups is 1. The van der Waals surface area contributed by atoms with Gasteiger partial charge in [-0.25, -0.2) is 0 Å². The van der Waals surface area contributed by atoms with Crippen LogP contribution < -0.4 is 5.32 Å². The lowest BCUT2D eigenvalue weighted by Gasteiger charge is -2.24. The number of aromatic nitrogens is 2. The lowest BCUT2D eigenvalue weighted by atomic mass is 10.0. The van der Waals surface area contributed by atoms with E-state index in [4.69, 9.17) is 11.6 Å². The van der Waals surface area contributed by atoms with Gasteiger partial charge in [-0.1, -0.05) is 36.7 Å². The standard InChI is InChI=1S/C15H18ClN3S/c1-3-17-14(15-11(16)9-18-19(15)2)13-8-10-6-4-5-7-12(10)20-13/h4-7,9,13-14,17H,3,8H2,1-2H3. The van der Waals surface area contributed by atoms with Crippen molar-refractivity contribution in [1.29, 1.82) is 0 Å². The summed E-state index contributed by atoms with van der Waals surface area (Å²) in [5.41, 5.74) is 2.52. The van der Waals surface area contributed by atoms with Crippen LogP contribution in [0.3, 0.4) is 0 Å². The zero-order valence-corrected chi connectivity index (χ0v) is 13.2. The molecule has 20 heavy (non-hydrogen) atoms. The Morgan fingerprint density at radius 2 is 2.30 bits per heavy atom. The van der Waals surface area contributed by atoms with E-state index in [2.05, 4.69) is 41.6 Å². The summed E-state index contributed by atoms with van der Waals surface area (Å²) in [6.45, 7) is 3.05. The number of hydrogen-bond donors (Lipinski definition) is 1. The molecule has 0 amide bonds. The zero-order chi connectivity index (χ0) is 14.1. The molecule has 0 radical (unpaired) electrons. The van der Waals surface area contributed by atoms with Gasteiger partial charge in [0.15, 0.2) is 0 Å². The average Bonchev–Trinajstić information content (AvgIpc) is 3.01. The predicted octanol–water partition coefficient (Wildman–Crippen LogP) is 3.44. The van der Waals surface area contributed by atoms with Crippen LogP contribution in [0.2, 0.25) is 5.02 Å². The molecule has 0 saturated carbocycles. The fraction of sp³-hybridized carbons (Fsp3) is 0.400. The Balaban J connectivity index is 1.90. The molecule has 0 aliphatic carbocycles. The summed E-state index contributed by atoms with van der Waals surface area (Å²) in [6.07, 6.45) is 2.80. The molecule has 1 N–H and O–H groups in total. The van der Waals surface area contributed by atoms with Crippen molar-refractivity contribution in [1.82, 2.24) is 15.1 Å². The van der Waals surface area contributed by atoms with Crippen molar-refractivity contribution < 1.29 is 0 Å². The SMILES string of the molecule is CCNC(c1c(Cl)cnn1C)C1Cc2ccccc2S1. The number of benzene rings is 1. The normalized spacial score (nSPS) is 19.1. The molecule has 1 aliphatic rings. The Hall–Kier alpha value is -0.970. The molecule has 3 rings (SSSR count). The van der Waals surface area contributed by atoms with Gasteiger partial charge in [0.05, 0.1) is 23.0 Å². The Morgan fingerprint density at radius 3 is 2.95 bits per heavy atom. The number of rotatable bonds is 4. The van der Waals surface area contributed by atoms with Gasteiger partial charge in [-0.05, 0) is 24.6 Å². The van der Waals surface area contributed by atoms with Crippen LogP contribution in [-0.2, 0) is 13.5 Å². The third-order valence-electron chi connectivity index (χ3n) is 3.70. The van der Waals surface area contributed by atoms with E-state index in [1.807, 2.05) is 23.5 Å². The smallest absolute Gasteiger partial charge is 0.0834 e. The van der Waals surface area contributed by atoms with Gasteiger partial charge in [0.2, 0.25) is 0 Å². The highest BCUT2D eigenvalue weighted by Crippen LogP contribution is 2.43. The van der Waals surface area contributed by atoms with E-state index in [0.29, 0.717) is 5.25 Å². The highest BCUT2D eigenvalue weighted by atomic mass is 35.5. The summed E-state index contributed by atoms with van der Waals surface area (Å²) in [5, 5.41) is 9.06. The predicted molar refractivity (Wildman–Crippen MR) is 84.4 cm³/mol. The molecule has 0 saturated heterocycles. The minimum absolute atomic E-state index is 0.220. The van der Waals surface area contributed by atoms with Crippen LogP contribution in [0.1, 0.15) is 24.2 Å². The largest absolute Gasteiger partial charge is 0.308 e. The molecular weight excluding hydrogens is 290 g/mol. The minimum atomic E-state index is 0.220. The molecule has 2 aromatic rings. The monoisotopic (exact) mass is 307 g/mol. The second-order valence-electron chi connectivity index (χ2n) is 5.00. The topological polar surface area (TPSA) is 29.9 Å². The number of hydrogen-bond acceptors (Lipinski definition) is 3. The molecule has 3 nitrogen and oxygen atoms in total. The summed E-state index contributed by atoms with van der Waals surface area (Å²) in [7, 11) is 1.96. The van der Waals surface area contributed by atoms with Crippen LogP contribution in [0.4, 0.5) is 0 Å². The van der Waals surface area contributed by atoms with Crippen LogP contribution >= 0.6 is 23.4 Å². The minimum Gasteiger partial charge on any atom is -0.308 e. The van der Waals surface area contributed by atoms with Crippen LogP contribution in [0.25, 0.3) is 0 Å². The molecule has 0 spiro atoms. The summed E-state index contributed by atoms with van der Waals surface area (Å²) >= 11 is 8.27. The van der Waals surface area contributed by atoms with E-state index in [0.717, 1.165) is 23.7 Å². The summed E-state index contributed by atoms with van der Waals surface area (Å²) < 4.78 is 1.89. The zero-order valence-electron chi connectivity index (χ0n) is 11.6. The average molecular weight is 308 g/mol. The van der Waals surface area contributed by atoms with E-state index in [1.54, 1.807) is 6.20 Å². The first-order valence-corrected chi connectivity index (χ1v) is 8.11. The van der Waals surface area contributed by atoms with E-state index in [9.17, 15) is 0 Å². The maximum Gasteiger partial charge on any atom is 0.0834 e. The Labute approximate surface area is 128 Å². The third kappa shape index (κ3) is 2.48. The van der Waals surface area contributed by atoms with Gasteiger partial charge in [0.25, 0.3) is 0 Å². The van der Waals surface area contributed by atoms with E-state index in [-0.39, 0.29) is 6.04 Å². The molecule has 5 heteroatoms. The molecule has 1 aromatic carbocycles. The van der Waals surface area contributed by atoms with Crippen molar-refractivity contribution in [2.75, 3.05) is 6.54 Å². The highest BCUT2D eigenvalue weighted by Gasteiger charge is 2.32. The van der Waals surface area contributed by atoms with Gasteiger partial charge in [-0.3, -0.25) is 4.68 Å². The van der Waals surface area contributed by atoms with Crippen LogP contribution in [-0.4, -0.2) is 21.6 Å². The Kier molecular flexibility index (Phi) is 4.06. The molecular formula is C15H18ClN3S. The van der Waals surface area contributed by atoms with Crippen LogP contribution in [0, 0.1) is 0 Å². The number of fused-ring (bicyclic) bond motifs is 1. The van der Waals surface area contributed by atoms with Gasteiger partial charge in [0.1, 0.15) is 0 Å². The Bertz CT molecular complexity index is 566. The van der Waals surface area contributed by atoms with Crippen molar-refractivity contribution in [2.45, 2.75) is 29.5 Å². The maximum atomic E-state index is 6.33. The maximum absolute atomic E-state index is 6.33. The fourth-order valence-corrected chi connectivity index (χ4v) is 4.48. The van der Waals surface area contributed by atoms with Crippen molar-refractivity contribution in [3.63, 3.8) is 0 Å². The molecule has 2 atom stereocenters. The van der Waals surface area contributed by atoms with Crippen LogP contribution in [0.15, 0.2) is 35.4 Å². The molecule has 0 bridgehead atoms. The van der Waals surface area contributed by atoms with Crippen molar-refractivity contribution in [2.24, 2.45) is 7.05 Å². The first-order chi connectivity index (χ1) is 9.70. The first-order valence-electron chi connectivity index (χ1n) is 6.86. The molecule has 2 heterocycles. The molecule has 106 valence electrons. The van der Waals surface area contributed by atoms with Gasteiger partial charge < -0.3 is 5.32 Å². The van der Waals surface area contributed by atoms with Crippen molar-refractivity contribution in [3.8, 4) is 0 Å². The fourth-order valence-electron chi connectivity index (χ4n) is 2.79. The summed E-state index contributed by atoms with van der Waals surface area (Å²) in [5.74, 6) is 0. The number of nitrogens with one attached hydrogen (secondary N) is 1. The van der Waals surface area contributed by atoms with E-state index < -0.39 is 0 Å². The van der Waals surface area contributed by atoms with Gasteiger partial charge >= 0.3 is 0 Å². The lowest BCUT2D eigenvalue weighted by molar-refractivity contribution is 0.494. The quantitative estimate of drug-likeness (QED) is 0.938. The van der Waals surface area contributed by atoms with Crippen molar-refractivity contribution >= 4 is 23.4 Å². The second kappa shape index (κ2) is 5.80. The highest BCUT2D eigenvalue weighted by molar-refractivity contribution is 8.00. The van der Waals surface area contributed by atoms with Gasteiger partial charge in [-0.15, -0.1) is 11.8 Å². The molecule has 2 unspecified atom stereocenters. The molecule has 0 fully saturated rings. The third-order valence-corrected chi connectivity index (χ3v) is 5.39. The van der Waals surface area contributed by atoms with Crippen molar-refractivity contribution in [3.05, 3.63) is 46.7 Å². The lowest BCUT2D eigenvalue weighted by Crippen LogP contribution is -2.32. The number of nitrogens with zero attached hydrogens (tertiary/aromatic N) is 2. The van der Waals surface area contributed by atoms with E-state index >= 15 is 0 Å². The molecule has 1 aromatic heterocycles. The van der Waals surface area contributed by atoms with E-state index in [1.165, 1.54) is 10.5 Å². The second-order valence-corrected chi connectivity index (χ2v) is 6.69. The summed E-state index contributed by atoms with van der Waals surface area (Å²) in [4.78, 5) is 1.39. The number of aryl methyl sites for hydroxylation is 1. The van der Waals surface area contributed by atoms with Crippen LogP contribution in [0.5, 0.6) is 0 Å². The number of halogens is 1. The Morgan fingerprint density at radius 1 is 1.50 bits per heavy atom. The summed E-state index contributed by atoms with van der Waals surface area (Å²) in [6, 6.07) is 8.86. The first kappa shape index (κ1) is 14.0.